The third-order valence-electron chi connectivity index (χ3n) is 6.13. The van der Waals surface area contributed by atoms with E-state index in [1.807, 2.05) is 0 Å². The second kappa shape index (κ2) is 10.3. The number of carbonyl (C=O) groups is 2. The number of nitriles is 2. The van der Waals surface area contributed by atoms with Crippen LogP contribution in [0.25, 0.3) is 0 Å². The summed E-state index contributed by atoms with van der Waals surface area (Å²) in [4.78, 5) is 27.0. The molecule has 0 unspecified atom stereocenters. The number of thiophene rings is 2. The van der Waals surface area contributed by atoms with Gasteiger partial charge in [0.2, 0.25) is 11.8 Å². The van der Waals surface area contributed by atoms with Crippen LogP contribution in [-0.4, -0.2) is 11.8 Å². The Labute approximate surface area is 196 Å². The number of amides is 2. The summed E-state index contributed by atoms with van der Waals surface area (Å²) in [6.45, 7) is 0. The summed E-state index contributed by atoms with van der Waals surface area (Å²) in [5.41, 5.74) is 3.55. The van der Waals surface area contributed by atoms with Crippen LogP contribution in [0.3, 0.4) is 0 Å². The highest BCUT2D eigenvalue weighted by atomic mass is 32.1. The van der Waals surface area contributed by atoms with Crippen molar-refractivity contribution in [2.45, 2.75) is 77.0 Å². The van der Waals surface area contributed by atoms with Crippen molar-refractivity contribution < 1.29 is 9.59 Å². The van der Waals surface area contributed by atoms with Gasteiger partial charge in [-0.2, -0.15) is 10.5 Å². The number of rotatable bonds is 9. The Bertz CT molecular complexity index is 1030. The van der Waals surface area contributed by atoms with E-state index in [1.165, 1.54) is 9.75 Å². The van der Waals surface area contributed by atoms with Crippen LogP contribution in [0.4, 0.5) is 10.0 Å². The smallest absolute Gasteiger partial charge is 0.225 e. The Balaban J connectivity index is 1.13. The van der Waals surface area contributed by atoms with Gasteiger partial charge in [-0.25, -0.2) is 0 Å². The lowest BCUT2D eigenvalue weighted by molar-refractivity contribution is -0.117. The van der Waals surface area contributed by atoms with Crippen molar-refractivity contribution in [1.82, 2.24) is 0 Å². The molecule has 0 fully saturated rings. The zero-order valence-electron chi connectivity index (χ0n) is 18.0. The van der Waals surface area contributed by atoms with E-state index >= 15 is 0 Å². The lowest BCUT2D eigenvalue weighted by Crippen LogP contribution is -2.12. The van der Waals surface area contributed by atoms with Gasteiger partial charge in [0.25, 0.3) is 0 Å². The van der Waals surface area contributed by atoms with E-state index in [1.54, 1.807) is 22.7 Å². The Morgan fingerprint density at radius 3 is 1.56 bits per heavy atom. The Morgan fingerprint density at radius 1 is 0.719 bits per heavy atom. The molecule has 2 aliphatic carbocycles. The summed E-state index contributed by atoms with van der Waals surface area (Å²) in [7, 11) is 0. The molecule has 0 spiro atoms. The normalized spacial score (nSPS) is 13.8. The molecular weight excluding hydrogens is 440 g/mol. The molecule has 2 N–H and O–H groups in total. The van der Waals surface area contributed by atoms with E-state index in [0.29, 0.717) is 34.0 Å². The molecule has 8 heteroatoms. The topological polar surface area (TPSA) is 106 Å². The van der Waals surface area contributed by atoms with Gasteiger partial charge in [0.15, 0.2) is 0 Å². The fourth-order valence-corrected chi connectivity index (χ4v) is 7.04. The van der Waals surface area contributed by atoms with Gasteiger partial charge in [-0.05, 0) is 62.5 Å². The van der Waals surface area contributed by atoms with Crippen molar-refractivity contribution in [1.29, 1.82) is 10.5 Å². The molecule has 0 bridgehead atoms. The third-order valence-corrected chi connectivity index (χ3v) is 8.54. The molecule has 2 aromatic heterocycles. The SMILES string of the molecule is N#Cc1c(NC(=O)CCCCCCC(=O)Nc2sc3c(c2C#N)CCC3)sc2c1CCC2. The van der Waals surface area contributed by atoms with Crippen LogP contribution in [-0.2, 0) is 35.3 Å². The molecule has 0 atom stereocenters. The fourth-order valence-electron chi connectivity index (χ4n) is 4.52. The molecule has 2 amide bonds. The van der Waals surface area contributed by atoms with E-state index in [4.69, 9.17) is 0 Å². The minimum atomic E-state index is -0.0473. The average molecular weight is 467 g/mol. The van der Waals surface area contributed by atoms with Gasteiger partial charge in [-0.3, -0.25) is 9.59 Å². The lowest BCUT2D eigenvalue weighted by Gasteiger charge is -2.05. The van der Waals surface area contributed by atoms with Gasteiger partial charge in [-0.15, -0.1) is 22.7 Å². The lowest BCUT2D eigenvalue weighted by atomic mass is 10.1. The molecule has 0 aliphatic heterocycles. The largest absolute Gasteiger partial charge is 0.317 e. The number of aryl methyl sites for hydroxylation is 2. The van der Waals surface area contributed by atoms with Gasteiger partial charge in [0.1, 0.15) is 22.1 Å². The highest BCUT2D eigenvalue weighted by Gasteiger charge is 2.24. The van der Waals surface area contributed by atoms with Crippen molar-refractivity contribution in [2.24, 2.45) is 0 Å². The van der Waals surface area contributed by atoms with E-state index in [2.05, 4.69) is 22.8 Å². The van der Waals surface area contributed by atoms with Crippen molar-refractivity contribution in [3.63, 3.8) is 0 Å². The number of hydrogen-bond acceptors (Lipinski definition) is 6. The molecule has 0 radical (unpaired) electrons. The van der Waals surface area contributed by atoms with Gasteiger partial charge < -0.3 is 10.6 Å². The van der Waals surface area contributed by atoms with E-state index in [0.717, 1.165) is 75.3 Å². The minimum Gasteiger partial charge on any atom is -0.317 e. The first-order valence-corrected chi connectivity index (χ1v) is 12.9. The first kappa shape index (κ1) is 22.5. The highest BCUT2D eigenvalue weighted by molar-refractivity contribution is 7.17. The van der Waals surface area contributed by atoms with Crippen LogP contribution in [0.2, 0.25) is 0 Å². The maximum atomic E-state index is 12.3. The molecule has 0 aromatic carbocycles. The zero-order chi connectivity index (χ0) is 22.5. The molecule has 0 saturated carbocycles. The molecule has 32 heavy (non-hydrogen) atoms. The van der Waals surface area contributed by atoms with Crippen molar-refractivity contribution >= 4 is 44.5 Å². The molecule has 2 aliphatic rings. The Morgan fingerprint density at radius 2 is 1.16 bits per heavy atom. The zero-order valence-corrected chi connectivity index (χ0v) is 19.6. The molecule has 166 valence electrons. The summed E-state index contributed by atoms with van der Waals surface area (Å²) in [5, 5.41) is 26.1. The van der Waals surface area contributed by atoms with Gasteiger partial charge in [-0.1, -0.05) is 12.8 Å². The summed E-state index contributed by atoms with van der Waals surface area (Å²) in [6.07, 6.45) is 10.2. The van der Waals surface area contributed by atoms with E-state index in [9.17, 15) is 20.1 Å². The van der Waals surface area contributed by atoms with Crippen molar-refractivity contribution in [2.75, 3.05) is 10.6 Å². The number of nitrogens with one attached hydrogen (secondary N) is 2. The molecule has 2 aromatic rings. The first-order chi connectivity index (χ1) is 15.6. The molecule has 6 nitrogen and oxygen atoms in total. The first-order valence-electron chi connectivity index (χ1n) is 11.3. The number of nitrogens with zero attached hydrogens (tertiary/aromatic N) is 2. The minimum absolute atomic E-state index is 0.0473. The van der Waals surface area contributed by atoms with Crippen LogP contribution in [0.15, 0.2) is 0 Å². The number of unbranched alkanes of at least 4 members (excludes halogenated alkanes) is 3. The quantitative estimate of drug-likeness (QED) is 0.479. The van der Waals surface area contributed by atoms with Crippen LogP contribution in [0, 0.1) is 22.7 Å². The predicted molar refractivity (Wildman–Crippen MR) is 127 cm³/mol. The summed E-state index contributed by atoms with van der Waals surface area (Å²) in [5.74, 6) is -0.0945. The van der Waals surface area contributed by atoms with Crippen LogP contribution in [0.5, 0.6) is 0 Å². The fraction of sp³-hybridized carbons (Fsp3) is 0.500. The number of carbonyl (C=O) groups excluding carboxylic acids is 2. The van der Waals surface area contributed by atoms with Crippen molar-refractivity contribution in [3.05, 3.63) is 32.0 Å². The maximum Gasteiger partial charge on any atom is 0.225 e. The average Bonchev–Trinajstić information content (AvgIpc) is 3.51. The van der Waals surface area contributed by atoms with Gasteiger partial charge in [0, 0.05) is 22.6 Å². The molecule has 4 rings (SSSR count). The maximum absolute atomic E-state index is 12.3. The molecule has 0 saturated heterocycles. The Kier molecular flexibility index (Phi) is 7.24. The number of hydrogen-bond donors (Lipinski definition) is 2. The summed E-state index contributed by atoms with van der Waals surface area (Å²) < 4.78 is 0. The van der Waals surface area contributed by atoms with Crippen LogP contribution in [0.1, 0.15) is 83.4 Å². The summed E-state index contributed by atoms with van der Waals surface area (Å²) >= 11 is 3.09. The molecular formula is C24H26N4O2S2. The standard InChI is InChI=1S/C24H26N4O2S2/c25-13-17-15-7-5-9-19(15)31-23(17)27-21(29)11-3-1-2-4-12-22(30)28-24-18(14-26)16-8-6-10-20(16)32-24/h1-12H2,(H,27,29)(H,28,30). The van der Waals surface area contributed by atoms with Gasteiger partial charge in [0.05, 0.1) is 11.1 Å². The van der Waals surface area contributed by atoms with Gasteiger partial charge >= 0.3 is 0 Å². The Hall–Kier alpha value is -2.68. The van der Waals surface area contributed by atoms with Crippen LogP contribution >= 0.6 is 22.7 Å². The van der Waals surface area contributed by atoms with Crippen LogP contribution < -0.4 is 10.6 Å². The predicted octanol–water partition coefficient (Wildman–Crippen LogP) is 5.45. The number of fused-ring (bicyclic) bond motifs is 2. The van der Waals surface area contributed by atoms with E-state index in [-0.39, 0.29) is 11.8 Å². The van der Waals surface area contributed by atoms with Crippen molar-refractivity contribution in [3.8, 4) is 12.1 Å². The third kappa shape index (κ3) is 4.87. The second-order valence-corrected chi connectivity index (χ2v) is 10.6. The summed E-state index contributed by atoms with van der Waals surface area (Å²) in [6, 6.07) is 4.50. The molecule has 2 heterocycles. The second-order valence-electron chi connectivity index (χ2n) is 8.36. The monoisotopic (exact) mass is 466 g/mol. The highest BCUT2D eigenvalue weighted by Crippen LogP contribution is 2.39. The number of anilines is 2. The van der Waals surface area contributed by atoms with E-state index < -0.39 is 0 Å².